The smallest absolute Gasteiger partial charge is 0.335 e. The first-order valence-electron chi connectivity index (χ1n) is 7.97. The number of esters is 1. The number of unbranched alkanes of at least 4 members (excludes halogenated alkanes) is 4. The van der Waals surface area contributed by atoms with Gasteiger partial charge in [0.25, 0.3) is 0 Å². The molecule has 0 spiro atoms. The standard InChI is InChI=1S/C19H26O4/c1-4-5-6-7-8-9-14-23-19(20)13-11-16-10-12-17(21-2)18(15-16)22-3/h9-15H,4-8H2,1-3H3/b13-11+,14-9+. The second-order valence-electron chi connectivity index (χ2n) is 5.11. The fraction of sp³-hybridized carbons (Fsp3) is 0.421. The zero-order valence-electron chi connectivity index (χ0n) is 14.2. The fourth-order valence-electron chi connectivity index (χ4n) is 2.03. The van der Waals surface area contributed by atoms with Gasteiger partial charge >= 0.3 is 5.97 Å². The maximum absolute atomic E-state index is 11.6. The van der Waals surface area contributed by atoms with E-state index < -0.39 is 5.97 Å². The van der Waals surface area contributed by atoms with Crippen molar-refractivity contribution in [2.45, 2.75) is 39.0 Å². The fourth-order valence-corrected chi connectivity index (χ4v) is 2.03. The molecule has 4 heteroatoms. The van der Waals surface area contributed by atoms with Gasteiger partial charge in [-0.15, -0.1) is 0 Å². The zero-order chi connectivity index (χ0) is 16.9. The van der Waals surface area contributed by atoms with Gasteiger partial charge in [-0.05, 0) is 42.7 Å². The minimum absolute atomic E-state index is 0.399. The molecule has 0 saturated carbocycles. The number of carbonyl (C=O) groups excluding carboxylic acids is 1. The first kappa shape index (κ1) is 18.8. The highest BCUT2D eigenvalue weighted by atomic mass is 16.5. The van der Waals surface area contributed by atoms with Crippen LogP contribution in [-0.2, 0) is 9.53 Å². The maximum Gasteiger partial charge on any atom is 0.335 e. The minimum atomic E-state index is -0.399. The summed E-state index contributed by atoms with van der Waals surface area (Å²) in [7, 11) is 3.16. The second kappa shape index (κ2) is 11.4. The molecule has 0 aliphatic rings. The average Bonchev–Trinajstić information content (AvgIpc) is 2.58. The van der Waals surface area contributed by atoms with E-state index in [0.717, 1.165) is 18.4 Å². The number of hydrogen-bond acceptors (Lipinski definition) is 4. The Hall–Kier alpha value is -2.23. The molecule has 0 bridgehead atoms. The van der Waals surface area contributed by atoms with Gasteiger partial charge in [-0.25, -0.2) is 4.79 Å². The van der Waals surface area contributed by atoms with Gasteiger partial charge in [0.2, 0.25) is 0 Å². The Bertz CT molecular complexity index is 532. The van der Waals surface area contributed by atoms with Gasteiger partial charge in [0.1, 0.15) is 0 Å². The molecule has 23 heavy (non-hydrogen) atoms. The van der Waals surface area contributed by atoms with Gasteiger partial charge < -0.3 is 14.2 Å². The Kier molecular flexibility index (Phi) is 9.29. The molecule has 1 aromatic carbocycles. The van der Waals surface area contributed by atoms with Crippen LogP contribution < -0.4 is 9.47 Å². The summed E-state index contributed by atoms with van der Waals surface area (Å²) in [4.78, 5) is 11.6. The molecule has 0 unspecified atom stereocenters. The van der Waals surface area contributed by atoms with Crippen LogP contribution in [0.1, 0.15) is 44.6 Å². The second-order valence-corrected chi connectivity index (χ2v) is 5.11. The van der Waals surface area contributed by atoms with Gasteiger partial charge in [-0.3, -0.25) is 0 Å². The molecule has 0 N–H and O–H groups in total. The molecule has 0 saturated heterocycles. The van der Waals surface area contributed by atoms with Crippen LogP contribution >= 0.6 is 0 Å². The van der Waals surface area contributed by atoms with E-state index in [2.05, 4.69) is 6.92 Å². The number of hydrogen-bond donors (Lipinski definition) is 0. The lowest BCUT2D eigenvalue weighted by Gasteiger charge is -2.07. The number of methoxy groups -OCH3 is 2. The van der Waals surface area contributed by atoms with Crippen LogP contribution in [0.5, 0.6) is 11.5 Å². The molecule has 0 radical (unpaired) electrons. The van der Waals surface area contributed by atoms with Gasteiger partial charge in [-0.2, -0.15) is 0 Å². The first-order chi connectivity index (χ1) is 11.2. The van der Waals surface area contributed by atoms with Crippen molar-refractivity contribution in [1.82, 2.24) is 0 Å². The summed E-state index contributed by atoms with van der Waals surface area (Å²) in [6.45, 7) is 2.18. The van der Waals surface area contributed by atoms with Crippen LogP contribution in [-0.4, -0.2) is 20.2 Å². The molecule has 4 nitrogen and oxygen atoms in total. The summed E-state index contributed by atoms with van der Waals surface area (Å²) < 4.78 is 15.4. The maximum atomic E-state index is 11.6. The molecule has 1 rings (SSSR count). The Morgan fingerprint density at radius 2 is 1.87 bits per heavy atom. The summed E-state index contributed by atoms with van der Waals surface area (Å²) in [6, 6.07) is 5.43. The van der Waals surface area contributed by atoms with E-state index in [1.165, 1.54) is 31.6 Å². The van der Waals surface area contributed by atoms with Crippen molar-refractivity contribution in [2.24, 2.45) is 0 Å². The molecule has 126 valence electrons. The molecule has 0 fully saturated rings. The van der Waals surface area contributed by atoms with Crippen molar-refractivity contribution in [1.29, 1.82) is 0 Å². The molecule has 0 aromatic heterocycles. The molecule has 0 aliphatic heterocycles. The number of carbonyl (C=O) groups is 1. The van der Waals surface area contributed by atoms with Crippen LogP contribution in [0, 0.1) is 0 Å². The lowest BCUT2D eigenvalue weighted by atomic mass is 10.1. The minimum Gasteiger partial charge on any atom is -0.493 e. The number of benzene rings is 1. The highest BCUT2D eigenvalue weighted by Gasteiger charge is 2.03. The van der Waals surface area contributed by atoms with Gasteiger partial charge in [-0.1, -0.05) is 32.3 Å². The Balaban J connectivity index is 2.41. The van der Waals surface area contributed by atoms with E-state index in [4.69, 9.17) is 14.2 Å². The molecule has 0 heterocycles. The molecular weight excluding hydrogens is 292 g/mol. The highest BCUT2D eigenvalue weighted by Crippen LogP contribution is 2.27. The number of allylic oxidation sites excluding steroid dienone is 1. The van der Waals surface area contributed by atoms with Gasteiger partial charge in [0.15, 0.2) is 11.5 Å². The van der Waals surface area contributed by atoms with Crippen molar-refractivity contribution in [3.63, 3.8) is 0 Å². The Morgan fingerprint density at radius 3 is 2.57 bits per heavy atom. The lowest BCUT2D eigenvalue weighted by molar-refractivity contribution is -0.132. The van der Waals surface area contributed by atoms with Crippen LogP contribution in [0.15, 0.2) is 36.6 Å². The predicted molar refractivity (Wildman–Crippen MR) is 92.6 cm³/mol. The van der Waals surface area contributed by atoms with Crippen LogP contribution in [0.4, 0.5) is 0 Å². The quantitative estimate of drug-likeness (QED) is 0.270. The van der Waals surface area contributed by atoms with E-state index >= 15 is 0 Å². The SMILES string of the molecule is CCCCCC/C=C/OC(=O)/C=C/c1ccc(OC)c(OC)c1. The Morgan fingerprint density at radius 1 is 1.09 bits per heavy atom. The molecular formula is C19H26O4. The van der Waals surface area contributed by atoms with Crippen molar-refractivity contribution in [2.75, 3.05) is 14.2 Å². The summed E-state index contributed by atoms with van der Waals surface area (Å²) in [5, 5.41) is 0. The summed E-state index contributed by atoms with van der Waals surface area (Å²) in [5.74, 6) is 0.873. The predicted octanol–water partition coefficient (Wildman–Crippen LogP) is 4.74. The van der Waals surface area contributed by atoms with Crippen molar-refractivity contribution in [3.8, 4) is 11.5 Å². The normalized spacial score (nSPS) is 11.1. The van der Waals surface area contributed by atoms with E-state index in [-0.39, 0.29) is 0 Å². The highest BCUT2D eigenvalue weighted by molar-refractivity contribution is 5.87. The van der Waals surface area contributed by atoms with Crippen LogP contribution in [0.2, 0.25) is 0 Å². The van der Waals surface area contributed by atoms with Crippen LogP contribution in [0.3, 0.4) is 0 Å². The summed E-state index contributed by atoms with van der Waals surface area (Å²) in [6.07, 6.45) is 12.2. The van der Waals surface area contributed by atoms with E-state index in [0.29, 0.717) is 11.5 Å². The molecule has 0 amide bonds. The average molecular weight is 318 g/mol. The number of ether oxygens (including phenoxy) is 3. The number of rotatable bonds is 10. The lowest BCUT2D eigenvalue weighted by Crippen LogP contribution is -1.94. The first-order valence-corrected chi connectivity index (χ1v) is 7.97. The van der Waals surface area contributed by atoms with Gasteiger partial charge in [0.05, 0.1) is 20.5 Å². The van der Waals surface area contributed by atoms with Crippen molar-refractivity contribution in [3.05, 3.63) is 42.2 Å². The molecule has 1 aromatic rings. The van der Waals surface area contributed by atoms with Gasteiger partial charge in [0, 0.05) is 6.08 Å². The monoisotopic (exact) mass is 318 g/mol. The van der Waals surface area contributed by atoms with Crippen molar-refractivity contribution >= 4 is 12.0 Å². The van der Waals surface area contributed by atoms with E-state index in [1.54, 1.807) is 32.4 Å². The van der Waals surface area contributed by atoms with E-state index in [9.17, 15) is 4.79 Å². The third kappa shape index (κ3) is 7.54. The third-order valence-electron chi connectivity index (χ3n) is 3.32. The summed E-state index contributed by atoms with van der Waals surface area (Å²) in [5.41, 5.74) is 0.836. The largest absolute Gasteiger partial charge is 0.493 e. The van der Waals surface area contributed by atoms with Crippen molar-refractivity contribution < 1.29 is 19.0 Å². The molecule has 0 aliphatic carbocycles. The van der Waals surface area contributed by atoms with E-state index in [1.807, 2.05) is 12.1 Å². The van der Waals surface area contributed by atoms with Crippen LogP contribution in [0.25, 0.3) is 6.08 Å². The summed E-state index contributed by atoms with van der Waals surface area (Å²) >= 11 is 0. The molecule has 0 atom stereocenters. The Labute approximate surface area is 138 Å². The third-order valence-corrected chi connectivity index (χ3v) is 3.32. The topological polar surface area (TPSA) is 44.8 Å². The zero-order valence-corrected chi connectivity index (χ0v) is 14.2.